The number of rotatable bonds is 5. The molecule has 0 aliphatic heterocycles. The molecule has 1 unspecified atom stereocenters. The molecule has 0 fully saturated rings. The first-order valence-corrected chi connectivity index (χ1v) is 5.58. The lowest BCUT2D eigenvalue weighted by molar-refractivity contribution is 0.223. The lowest BCUT2D eigenvalue weighted by atomic mass is 10.1. The SMILES string of the molecule is CCN(CC)C(CN)c1cn(C)nc1C. The maximum Gasteiger partial charge on any atom is 0.0641 e. The van der Waals surface area contributed by atoms with Crippen molar-refractivity contribution in [3.63, 3.8) is 0 Å². The van der Waals surface area contributed by atoms with E-state index in [4.69, 9.17) is 5.73 Å². The van der Waals surface area contributed by atoms with E-state index >= 15 is 0 Å². The lowest BCUT2D eigenvalue weighted by Crippen LogP contribution is -2.33. The minimum Gasteiger partial charge on any atom is -0.329 e. The van der Waals surface area contributed by atoms with Gasteiger partial charge in [0.2, 0.25) is 0 Å². The van der Waals surface area contributed by atoms with Crippen LogP contribution in [0.25, 0.3) is 0 Å². The fourth-order valence-electron chi connectivity index (χ4n) is 2.08. The summed E-state index contributed by atoms with van der Waals surface area (Å²) >= 11 is 0. The van der Waals surface area contributed by atoms with Crippen LogP contribution < -0.4 is 5.73 Å². The molecule has 86 valence electrons. The van der Waals surface area contributed by atoms with E-state index in [1.165, 1.54) is 5.56 Å². The molecular formula is C11H22N4. The molecule has 15 heavy (non-hydrogen) atoms. The van der Waals surface area contributed by atoms with Crippen molar-refractivity contribution in [2.45, 2.75) is 26.8 Å². The average Bonchev–Trinajstić information content (AvgIpc) is 2.54. The smallest absolute Gasteiger partial charge is 0.0641 e. The number of aromatic nitrogens is 2. The third-order valence-corrected chi connectivity index (χ3v) is 2.89. The molecule has 0 bridgehead atoms. The Morgan fingerprint density at radius 2 is 2.07 bits per heavy atom. The summed E-state index contributed by atoms with van der Waals surface area (Å²) in [5.41, 5.74) is 8.19. The zero-order valence-electron chi connectivity index (χ0n) is 10.2. The van der Waals surface area contributed by atoms with Gasteiger partial charge in [0.1, 0.15) is 0 Å². The van der Waals surface area contributed by atoms with Crippen molar-refractivity contribution in [3.8, 4) is 0 Å². The van der Waals surface area contributed by atoms with E-state index in [1.54, 1.807) is 0 Å². The van der Waals surface area contributed by atoms with Crippen LogP contribution in [0.2, 0.25) is 0 Å². The Bertz CT molecular complexity index is 302. The first-order valence-electron chi connectivity index (χ1n) is 5.58. The van der Waals surface area contributed by atoms with E-state index in [9.17, 15) is 0 Å². The number of nitrogens with zero attached hydrogens (tertiary/aromatic N) is 3. The van der Waals surface area contributed by atoms with Crippen molar-refractivity contribution in [2.75, 3.05) is 19.6 Å². The monoisotopic (exact) mass is 210 g/mol. The number of likely N-dealkylation sites (N-methyl/N-ethyl adjacent to an activating group) is 1. The van der Waals surface area contributed by atoms with Gasteiger partial charge in [0.25, 0.3) is 0 Å². The molecule has 0 saturated carbocycles. The van der Waals surface area contributed by atoms with E-state index in [2.05, 4.69) is 30.0 Å². The summed E-state index contributed by atoms with van der Waals surface area (Å²) in [5, 5.41) is 4.37. The topological polar surface area (TPSA) is 47.1 Å². The molecule has 2 N–H and O–H groups in total. The molecule has 1 aromatic rings. The summed E-state index contributed by atoms with van der Waals surface area (Å²) in [5.74, 6) is 0. The second kappa shape index (κ2) is 5.28. The predicted molar refractivity (Wildman–Crippen MR) is 62.7 cm³/mol. The fraction of sp³-hybridized carbons (Fsp3) is 0.727. The lowest BCUT2D eigenvalue weighted by Gasteiger charge is -2.28. The first kappa shape index (κ1) is 12.2. The van der Waals surface area contributed by atoms with Crippen LogP contribution in [0.4, 0.5) is 0 Å². The van der Waals surface area contributed by atoms with Crippen LogP contribution in [0.1, 0.15) is 31.1 Å². The van der Waals surface area contributed by atoms with Crippen LogP contribution in [-0.2, 0) is 7.05 Å². The van der Waals surface area contributed by atoms with Gasteiger partial charge in [-0.05, 0) is 20.0 Å². The number of hydrogen-bond donors (Lipinski definition) is 1. The quantitative estimate of drug-likeness (QED) is 0.791. The van der Waals surface area contributed by atoms with Crippen LogP contribution in [0.15, 0.2) is 6.20 Å². The van der Waals surface area contributed by atoms with Gasteiger partial charge in [-0.15, -0.1) is 0 Å². The maximum atomic E-state index is 5.86. The highest BCUT2D eigenvalue weighted by Crippen LogP contribution is 2.21. The summed E-state index contributed by atoms with van der Waals surface area (Å²) in [4.78, 5) is 2.37. The van der Waals surface area contributed by atoms with Gasteiger partial charge in [0.15, 0.2) is 0 Å². The maximum absolute atomic E-state index is 5.86. The Kier molecular flexibility index (Phi) is 4.29. The molecule has 0 amide bonds. The fourth-order valence-corrected chi connectivity index (χ4v) is 2.08. The van der Waals surface area contributed by atoms with Crippen molar-refractivity contribution >= 4 is 0 Å². The second-order valence-corrected chi connectivity index (χ2v) is 3.82. The highest BCUT2D eigenvalue weighted by molar-refractivity contribution is 5.20. The van der Waals surface area contributed by atoms with Crippen LogP contribution in [0.5, 0.6) is 0 Å². The van der Waals surface area contributed by atoms with Gasteiger partial charge < -0.3 is 5.73 Å². The summed E-state index contributed by atoms with van der Waals surface area (Å²) < 4.78 is 1.86. The molecule has 0 aromatic carbocycles. The van der Waals surface area contributed by atoms with Crippen molar-refractivity contribution in [1.29, 1.82) is 0 Å². The van der Waals surface area contributed by atoms with Gasteiger partial charge >= 0.3 is 0 Å². The normalized spacial score (nSPS) is 13.5. The van der Waals surface area contributed by atoms with Gasteiger partial charge in [-0.2, -0.15) is 5.10 Å². The van der Waals surface area contributed by atoms with Crippen LogP contribution in [0, 0.1) is 6.92 Å². The van der Waals surface area contributed by atoms with Crippen molar-refractivity contribution in [1.82, 2.24) is 14.7 Å². The third-order valence-electron chi connectivity index (χ3n) is 2.89. The average molecular weight is 210 g/mol. The number of nitrogens with two attached hydrogens (primary N) is 1. The Hall–Kier alpha value is -0.870. The summed E-state index contributed by atoms with van der Waals surface area (Å²) in [6.07, 6.45) is 2.07. The molecule has 4 heteroatoms. The largest absolute Gasteiger partial charge is 0.329 e. The number of aryl methyl sites for hydroxylation is 2. The van der Waals surface area contributed by atoms with E-state index in [0.717, 1.165) is 18.8 Å². The molecule has 0 saturated heterocycles. The standard InChI is InChI=1S/C11H22N4/c1-5-15(6-2)11(7-12)10-8-14(4)13-9(10)3/h8,11H,5-7,12H2,1-4H3. The van der Waals surface area contributed by atoms with Crippen molar-refractivity contribution in [3.05, 3.63) is 17.5 Å². The predicted octanol–water partition coefficient (Wildman–Crippen LogP) is 1.07. The van der Waals surface area contributed by atoms with E-state index in [1.807, 2.05) is 18.7 Å². The van der Waals surface area contributed by atoms with Crippen molar-refractivity contribution < 1.29 is 0 Å². The molecule has 1 rings (SSSR count). The zero-order valence-corrected chi connectivity index (χ0v) is 10.2. The molecular weight excluding hydrogens is 188 g/mol. The molecule has 1 heterocycles. The van der Waals surface area contributed by atoms with Gasteiger partial charge in [-0.25, -0.2) is 0 Å². The number of hydrogen-bond acceptors (Lipinski definition) is 3. The molecule has 0 aliphatic carbocycles. The Morgan fingerprint density at radius 3 is 2.40 bits per heavy atom. The Balaban J connectivity index is 2.95. The highest BCUT2D eigenvalue weighted by Gasteiger charge is 2.19. The molecule has 0 spiro atoms. The van der Waals surface area contributed by atoms with E-state index in [-0.39, 0.29) is 0 Å². The van der Waals surface area contributed by atoms with Crippen LogP contribution in [-0.4, -0.2) is 34.3 Å². The minimum absolute atomic E-state index is 0.300. The molecule has 4 nitrogen and oxygen atoms in total. The Morgan fingerprint density at radius 1 is 1.47 bits per heavy atom. The zero-order chi connectivity index (χ0) is 11.4. The van der Waals surface area contributed by atoms with E-state index in [0.29, 0.717) is 12.6 Å². The summed E-state index contributed by atoms with van der Waals surface area (Å²) in [6, 6.07) is 0.300. The summed E-state index contributed by atoms with van der Waals surface area (Å²) in [7, 11) is 1.95. The van der Waals surface area contributed by atoms with E-state index < -0.39 is 0 Å². The summed E-state index contributed by atoms with van der Waals surface area (Å²) in [6.45, 7) is 9.06. The first-order chi connectivity index (χ1) is 7.13. The van der Waals surface area contributed by atoms with Gasteiger partial charge in [0.05, 0.1) is 11.7 Å². The molecule has 1 atom stereocenters. The molecule has 1 aromatic heterocycles. The Labute approximate surface area is 92.1 Å². The molecule has 0 aliphatic rings. The van der Waals surface area contributed by atoms with Crippen molar-refractivity contribution in [2.24, 2.45) is 12.8 Å². The van der Waals surface area contributed by atoms with Gasteiger partial charge in [-0.1, -0.05) is 13.8 Å². The minimum atomic E-state index is 0.300. The van der Waals surface area contributed by atoms with Gasteiger partial charge in [-0.3, -0.25) is 9.58 Å². The molecule has 0 radical (unpaired) electrons. The second-order valence-electron chi connectivity index (χ2n) is 3.82. The van der Waals surface area contributed by atoms with Crippen LogP contribution in [0.3, 0.4) is 0 Å². The van der Waals surface area contributed by atoms with Crippen LogP contribution >= 0.6 is 0 Å². The van der Waals surface area contributed by atoms with Gasteiger partial charge in [0, 0.05) is 25.4 Å². The highest BCUT2D eigenvalue weighted by atomic mass is 15.3. The third kappa shape index (κ3) is 2.58.